The third-order valence-electron chi connectivity index (χ3n) is 9.19. The van der Waals surface area contributed by atoms with Crippen LogP contribution in [0.15, 0.2) is 156 Å². The van der Waals surface area contributed by atoms with Gasteiger partial charge in [0.05, 0.1) is 27.8 Å². The second-order valence-corrected chi connectivity index (χ2v) is 11.8. The summed E-state index contributed by atoms with van der Waals surface area (Å²) in [6.07, 6.45) is 0. The van der Waals surface area contributed by atoms with Crippen molar-refractivity contribution in [1.29, 1.82) is 0 Å². The average molecular weight is 588 g/mol. The Morgan fingerprint density at radius 1 is 0.500 bits per heavy atom. The molecule has 0 saturated carbocycles. The van der Waals surface area contributed by atoms with Crippen LogP contribution in [0.2, 0.25) is 0 Å². The molecular formula is C42H25N3O. The number of para-hydroxylation sites is 3. The predicted molar refractivity (Wildman–Crippen MR) is 190 cm³/mol. The molecule has 4 heteroatoms. The topological polar surface area (TPSA) is 43.9 Å². The molecule has 0 N–H and O–H groups in total. The molecule has 0 fully saturated rings. The first-order valence-electron chi connectivity index (χ1n) is 15.5. The molecule has 0 amide bonds. The van der Waals surface area contributed by atoms with E-state index < -0.39 is 0 Å². The van der Waals surface area contributed by atoms with Crippen LogP contribution in [-0.4, -0.2) is 14.5 Å². The first-order valence-corrected chi connectivity index (χ1v) is 15.5. The van der Waals surface area contributed by atoms with Crippen molar-refractivity contribution in [3.05, 3.63) is 152 Å². The maximum absolute atomic E-state index is 6.62. The average Bonchev–Trinajstić information content (AvgIpc) is 3.67. The highest BCUT2D eigenvalue weighted by atomic mass is 16.3. The van der Waals surface area contributed by atoms with Crippen molar-refractivity contribution in [3.8, 4) is 28.3 Å². The van der Waals surface area contributed by atoms with Gasteiger partial charge in [-0.3, -0.25) is 0 Å². The van der Waals surface area contributed by atoms with Crippen molar-refractivity contribution < 1.29 is 4.42 Å². The minimum absolute atomic E-state index is 0.649. The predicted octanol–water partition coefficient (Wildman–Crippen LogP) is 11.1. The number of furan rings is 1. The number of nitrogens with zero attached hydrogens (tertiary/aromatic N) is 3. The first kappa shape index (κ1) is 25.1. The Kier molecular flexibility index (Phi) is 5.25. The van der Waals surface area contributed by atoms with Gasteiger partial charge in [0.1, 0.15) is 11.2 Å². The minimum Gasteiger partial charge on any atom is -0.455 e. The molecule has 0 aliphatic heterocycles. The molecular weight excluding hydrogens is 562 g/mol. The van der Waals surface area contributed by atoms with Crippen molar-refractivity contribution in [2.45, 2.75) is 0 Å². The van der Waals surface area contributed by atoms with Gasteiger partial charge in [-0.2, -0.15) is 0 Å². The summed E-state index contributed by atoms with van der Waals surface area (Å²) in [7, 11) is 0. The number of benzene rings is 7. The molecule has 0 radical (unpaired) electrons. The summed E-state index contributed by atoms with van der Waals surface area (Å²) in [5.41, 5.74) is 8.86. The molecule has 0 saturated heterocycles. The fraction of sp³-hybridized carbons (Fsp3) is 0. The van der Waals surface area contributed by atoms with Crippen LogP contribution >= 0.6 is 0 Å². The lowest BCUT2D eigenvalue weighted by Gasteiger charge is -2.10. The van der Waals surface area contributed by atoms with Gasteiger partial charge in [-0.25, -0.2) is 9.97 Å². The molecule has 10 rings (SSSR count). The van der Waals surface area contributed by atoms with Gasteiger partial charge < -0.3 is 8.98 Å². The molecule has 0 spiro atoms. The largest absolute Gasteiger partial charge is 0.455 e. The molecule has 3 heterocycles. The molecule has 10 aromatic rings. The second kappa shape index (κ2) is 9.62. The standard InChI is InChI=1S/C42H25N3O/c1-2-12-27(13-3-1)39-33-16-6-8-19-36(33)43-42(44-39)34-18-10-17-32-35-25-28(22-24-38(35)46-41(32)34)45-37-20-9-7-15-30(37)31-23-21-26-11-4-5-14-29(26)40(31)45/h1-25H. The van der Waals surface area contributed by atoms with Gasteiger partial charge in [0.25, 0.3) is 0 Å². The van der Waals surface area contributed by atoms with Crippen LogP contribution in [0.5, 0.6) is 0 Å². The van der Waals surface area contributed by atoms with E-state index in [1.165, 1.54) is 32.6 Å². The molecule has 7 aromatic carbocycles. The fourth-order valence-corrected chi connectivity index (χ4v) is 7.11. The maximum Gasteiger partial charge on any atom is 0.164 e. The molecule has 4 nitrogen and oxygen atoms in total. The first-order chi connectivity index (χ1) is 22.8. The second-order valence-electron chi connectivity index (χ2n) is 11.8. The highest BCUT2D eigenvalue weighted by Crippen LogP contribution is 2.40. The summed E-state index contributed by atoms with van der Waals surface area (Å²) in [5, 5.41) is 8.07. The highest BCUT2D eigenvalue weighted by molar-refractivity contribution is 6.19. The molecule has 3 aromatic heterocycles. The van der Waals surface area contributed by atoms with E-state index in [0.29, 0.717) is 5.82 Å². The number of hydrogen-bond acceptors (Lipinski definition) is 3. The summed E-state index contributed by atoms with van der Waals surface area (Å²) in [5.74, 6) is 0.649. The number of aromatic nitrogens is 3. The van der Waals surface area contributed by atoms with E-state index in [4.69, 9.17) is 14.4 Å². The molecule has 0 aliphatic carbocycles. The van der Waals surface area contributed by atoms with Crippen LogP contribution in [0.4, 0.5) is 0 Å². The lowest BCUT2D eigenvalue weighted by atomic mass is 10.0. The Labute approximate surface area is 263 Å². The van der Waals surface area contributed by atoms with Gasteiger partial charge in [0.2, 0.25) is 0 Å². The van der Waals surface area contributed by atoms with E-state index in [2.05, 4.69) is 120 Å². The lowest BCUT2D eigenvalue weighted by Crippen LogP contribution is -1.95. The van der Waals surface area contributed by atoms with Crippen molar-refractivity contribution in [3.63, 3.8) is 0 Å². The monoisotopic (exact) mass is 587 g/mol. The van der Waals surface area contributed by atoms with Crippen molar-refractivity contribution >= 4 is 65.4 Å². The summed E-state index contributed by atoms with van der Waals surface area (Å²) >= 11 is 0. The summed E-state index contributed by atoms with van der Waals surface area (Å²) in [6, 6.07) is 53.1. The SMILES string of the molecule is c1ccc(-c2nc(-c3cccc4c3oc3ccc(-n5c6ccccc6c6ccc7ccccc7c65)cc34)nc3ccccc23)cc1. The molecule has 46 heavy (non-hydrogen) atoms. The summed E-state index contributed by atoms with van der Waals surface area (Å²) in [6.45, 7) is 0. The minimum atomic E-state index is 0.649. The van der Waals surface area contributed by atoms with Crippen LogP contribution in [0.25, 0.3) is 93.8 Å². The Hall–Kier alpha value is -6.26. The smallest absolute Gasteiger partial charge is 0.164 e. The molecule has 214 valence electrons. The summed E-state index contributed by atoms with van der Waals surface area (Å²) < 4.78 is 9.02. The molecule has 0 bridgehead atoms. The van der Waals surface area contributed by atoms with E-state index in [1.54, 1.807) is 0 Å². The van der Waals surface area contributed by atoms with E-state index in [0.717, 1.165) is 55.3 Å². The van der Waals surface area contributed by atoms with Crippen LogP contribution in [0, 0.1) is 0 Å². The third kappa shape index (κ3) is 3.61. The Morgan fingerprint density at radius 2 is 1.26 bits per heavy atom. The quantitative estimate of drug-likeness (QED) is 0.207. The van der Waals surface area contributed by atoms with E-state index in [-0.39, 0.29) is 0 Å². The van der Waals surface area contributed by atoms with E-state index >= 15 is 0 Å². The summed E-state index contributed by atoms with van der Waals surface area (Å²) in [4.78, 5) is 10.2. The van der Waals surface area contributed by atoms with Gasteiger partial charge >= 0.3 is 0 Å². The van der Waals surface area contributed by atoms with Gasteiger partial charge in [0.15, 0.2) is 5.82 Å². The Bertz CT molecular complexity index is 2810. The van der Waals surface area contributed by atoms with Gasteiger partial charge in [0, 0.05) is 43.6 Å². The van der Waals surface area contributed by atoms with Gasteiger partial charge in [-0.15, -0.1) is 0 Å². The van der Waals surface area contributed by atoms with Gasteiger partial charge in [-0.1, -0.05) is 115 Å². The third-order valence-corrected chi connectivity index (χ3v) is 9.19. The highest BCUT2D eigenvalue weighted by Gasteiger charge is 2.19. The number of rotatable bonds is 3. The number of hydrogen-bond donors (Lipinski definition) is 0. The van der Waals surface area contributed by atoms with Crippen LogP contribution < -0.4 is 0 Å². The number of fused-ring (bicyclic) bond motifs is 9. The molecule has 0 unspecified atom stereocenters. The zero-order chi connectivity index (χ0) is 30.2. The lowest BCUT2D eigenvalue weighted by molar-refractivity contribution is 0.669. The van der Waals surface area contributed by atoms with Crippen molar-refractivity contribution in [1.82, 2.24) is 14.5 Å². The van der Waals surface area contributed by atoms with Crippen LogP contribution in [-0.2, 0) is 0 Å². The van der Waals surface area contributed by atoms with E-state index in [9.17, 15) is 0 Å². The molecule has 0 atom stereocenters. The molecule has 0 aliphatic rings. The van der Waals surface area contributed by atoms with Gasteiger partial charge in [-0.05, 0) is 41.8 Å². The Morgan fingerprint density at radius 3 is 2.17 bits per heavy atom. The van der Waals surface area contributed by atoms with Crippen LogP contribution in [0.3, 0.4) is 0 Å². The van der Waals surface area contributed by atoms with Crippen molar-refractivity contribution in [2.75, 3.05) is 0 Å². The zero-order valence-corrected chi connectivity index (χ0v) is 24.7. The van der Waals surface area contributed by atoms with Crippen LogP contribution in [0.1, 0.15) is 0 Å². The van der Waals surface area contributed by atoms with Crippen molar-refractivity contribution in [2.24, 2.45) is 0 Å². The fourth-order valence-electron chi connectivity index (χ4n) is 7.11. The normalized spacial score (nSPS) is 11.9. The van der Waals surface area contributed by atoms with E-state index in [1.807, 2.05) is 36.4 Å². The maximum atomic E-state index is 6.62. The zero-order valence-electron chi connectivity index (χ0n) is 24.7. The Balaban J connectivity index is 1.22.